The van der Waals surface area contributed by atoms with Gasteiger partial charge in [-0.15, -0.1) is 0 Å². The molecule has 2 aromatic carbocycles. The number of aromatic nitrogens is 1. The molecule has 1 aromatic heterocycles. The lowest BCUT2D eigenvalue weighted by Gasteiger charge is -2.33. The molecule has 0 radical (unpaired) electrons. The fraction of sp³-hybridized carbons (Fsp3) is 0.286. The van der Waals surface area contributed by atoms with Crippen LogP contribution in [0.5, 0.6) is 0 Å². The predicted octanol–water partition coefficient (Wildman–Crippen LogP) is 5.14. The van der Waals surface area contributed by atoms with Gasteiger partial charge in [0.05, 0.1) is 11.2 Å². The van der Waals surface area contributed by atoms with E-state index in [2.05, 4.69) is 72.5 Å². The summed E-state index contributed by atoms with van der Waals surface area (Å²) in [7, 11) is 0. The minimum absolute atomic E-state index is 0.760. The summed E-state index contributed by atoms with van der Waals surface area (Å²) < 4.78 is 0. The van der Waals surface area contributed by atoms with Gasteiger partial charge in [-0.05, 0) is 30.9 Å². The second-order valence-electron chi connectivity index (χ2n) is 6.60. The van der Waals surface area contributed by atoms with Crippen molar-refractivity contribution in [3.8, 4) is 11.3 Å². The fourth-order valence-electron chi connectivity index (χ4n) is 3.58. The first-order valence-electron chi connectivity index (χ1n) is 8.51. The molecule has 2 heterocycles. The van der Waals surface area contributed by atoms with E-state index in [1.165, 1.54) is 29.5 Å². The van der Waals surface area contributed by atoms with E-state index in [0.29, 0.717) is 0 Å². The fourth-order valence-corrected chi connectivity index (χ4v) is 3.58. The van der Waals surface area contributed by atoms with Crippen LogP contribution in [0.1, 0.15) is 19.8 Å². The van der Waals surface area contributed by atoms with Crippen molar-refractivity contribution in [3.05, 3.63) is 60.7 Å². The van der Waals surface area contributed by atoms with E-state index in [1.54, 1.807) is 0 Å². The second kappa shape index (κ2) is 6.04. The van der Waals surface area contributed by atoms with Crippen LogP contribution in [-0.4, -0.2) is 18.1 Å². The Bertz CT molecular complexity index is 810. The monoisotopic (exact) mass is 302 g/mol. The van der Waals surface area contributed by atoms with Crippen molar-refractivity contribution in [2.24, 2.45) is 5.92 Å². The van der Waals surface area contributed by atoms with E-state index in [0.717, 1.165) is 30.2 Å². The summed E-state index contributed by atoms with van der Waals surface area (Å²) in [5.41, 5.74) is 4.67. The Morgan fingerprint density at radius 1 is 1.00 bits per heavy atom. The van der Waals surface area contributed by atoms with Crippen LogP contribution in [0.3, 0.4) is 0 Å². The molecule has 0 unspecified atom stereocenters. The van der Waals surface area contributed by atoms with Crippen molar-refractivity contribution < 1.29 is 0 Å². The third-order valence-electron chi connectivity index (χ3n) is 4.76. The number of hydrogen-bond donors (Lipinski definition) is 0. The zero-order chi connectivity index (χ0) is 15.6. The molecule has 1 aliphatic rings. The van der Waals surface area contributed by atoms with Gasteiger partial charge in [0.2, 0.25) is 0 Å². The van der Waals surface area contributed by atoms with Gasteiger partial charge in [-0.1, -0.05) is 55.5 Å². The van der Waals surface area contributed by atoms with Gasteiger partial charge in [-0.25, -0.2) is 4.98 Å². The molecule has 0 N–H and O–H groups in total. The molecule has 116 valence electrons. The molecule has 0 bridgehead atoms. The molecule has 1 saturated heterocycles. The lowest BCUT2D eigenvalue weighted by atomic mass is 9.98. The number of pyridine rings is 1. The Kier molecular flexibility index (Phi) is 3.74. The van der Waals surface area contributed by atoms with Crippen molar-refractivity contribution >= 4 is 16.6 Å². The van der Waals surface area contributed by atoms with Gasteiger partial charge in [-0.3, -0.25) is 0 Å². The molecule has 1 atom stereocenters. The summed E-state index contributed by atoms with van der Waals surface area (Å²) in [6.45, 7) is 4.64. The first kappa shape index (κ1) is 14.3. The molecule has 4 rings (SSSR count). The molecule has 0 spiro atoms. The molecule has 23 heavy (non-hydrogen) atoms. The number of anilines is 1. The van der Waals surface area contributed by atoms with E-state index >= 15 is 0 Å². The molecule has 1 aliphatic heterocycles. The van der Waals surface area contributed by atoms with E-state index < -0.39 is 0 Å². The standard InChI is InChI=1S/C21H22N2/c1-16-8-7-13-23(15-16)21-14-20(17-9-3-2-4-10-17)22-19-12-6-5-11-18(19)21/h2-6,9-12,14,16H,7-8,13,15H2,1H3/t16-/m1/s1. The lowest BCUT2D eigenvalue weighted by molar-refractivity contribution is 0.447. The average Bonchev–Trinajstić information content (AvgIpc) is 2.61. The van der Waals surface area contributed by atoms with Crippen molar-refractivity contribution in [2.75, 3.05) is 18.0 Å². The van der Waals surface area contributed by atoms with Crippen LogP contribution in [0.15, 0.2) is 60.7 Å². The van der Waals surface area contributed by atoms with Crippen LogP contribution < -0.4 is 4.90 Å². The zero-order valence-corrected chi connectivity index (χ0v) is 13.6. The normalized spacial score (nSPS) is 18.3. The molecular formula is C21H22N2. The van der Waals surface area contributed by atoms with Gasteiger partial charge in [0.25, 0.3) is 0 Å². The van der Waals surface area contributed by atoms with Gasteiger partial charge in [0, 0.05) is 29.7 Å². The van der Waals surface area contributed by atoms with Crippen molar-refractivity contribution in [1.82, 2.24) is 4.98 Å². The van der Waals surface area contributed by atoms with Gasteiger partial charge >= 0.3 is 0 Å². The van der Waals surface area contributed by atoms with Crippen molar-refractivity contribution in [3.63, 3.8) is 0 Å². The molecular weight excluding hydrogens is 280 g/mol. The highest BCUT2D eigenvalue weighted by molar-refractivity contribution is 5.94. The highest BCUT2D eigenvalue weighted by Crippen LogP contribution is 2.33. The Labute approximate surface area is 137 Å². The quantitative estimate of drug-likeness (QED) is 0.651. The van der Waals surface area contributed by atoms with Crippen LogP contribution in [0.25, 0.3) is 22.2 Å². The van der Waals surface area contributed by atoms with Crippen LogP contribution in [0.4, 0.5) is 5.69 Å². The molecule has 0 saturated carbocycles. The number of benzene rings is 2. The molecule has 2 heteroatoms. The zero-order valence-electron chi connectivity index (χ0n) is 13.6. The highest BCUT2D eigenvalue weighted by Gasteiger charge is 2.19. The van der Waals surface area contributed by atoms with E-state index in [-0.39, 0.29) is 0 Å². The maximum absolute atomic E-state index is 4.89. The number of fused-ring (bicyclic) bond motifs is 1. The molecule has 0 amide bonds. The predicted molar refractivity (Wildman–Crippen MR) is 97.8 cm³/mol. The number of rotatable bonds is 2. The maximum atomic E-state index is 4.89. The van der Waals surface area contributed by atoms with E-state index in [4.69, 9.17) is 4.98 Å². The molecule has 2 nitrogen and oxygen atoms in total. The minimum atomic E-state index is 0.760. The molecule has 3 aromatic rings. The Morgan fingerprint density at radius 2 is 1.78 bits per heavy atom. The smallest absolute Gasteiger partial charge is 0.0730 e. The third-order valence-corrected chi connectivity index (χ3v) is 4.76. The van der Waals surface area contributed by atoms with Gasteiger partial charge in [-0.2, -0.15) is 0 Å². The highest BCUT2D eigenvalue weighted by atomic mass is 15.1. The van der Waals surface area contributed by atoms with Gasteiger partial charge < -0.3 is 4.90 Å². The number of hydrogen-bond acceptors (Lipinski definition) is 2. The summed E-state index contributed by atoms with van der Waals surface area (Å²) in [4.78, 5) is 7.44. The van der Waals surface area contributed by atoms with E-state index in [9.17, 15) is 0 Å². The Hall–Kier alpha value is -2.35. The first-order valence-corrected chi connectivity index (χ1v) is 8.51. The summed E-state index contributed by atoms with van der Waals surface area (Å²) >= 11 is 0. The third kappa shape index (κ3) is 2.81. The Balaban J connectivity index is 1.87. The van der Waals surface area contributed by atoms with Crippen LogP contribution in [0, 0.1) is 5.92 Å². The average molecular weight is 302 g/mol. The molecule has 1 fully saturated rings. The first-order chi connectivity index (χ1) is 11.3. The maximum Gasteiger partial charge on any atom is 0.0730 e. The Morgan fingerprint density at radius 3 is 2.61 bits per heavy atom. The summed E-state index contributed by atoms with van der Waals surface area (Å²) in [6.07, 6.45) is 2.61. The lowest BCUT2D eigenvalue weighted by Crippen LogP contribution is -2.34. The second-order valence-corrected chi connectivity index (χ2v) is 6.60. The summed E-state index contributed by atoms with van der Waals surface area (Å²) in [6, 6.07) is 21.3. The number of piperidine rings is 1. The van der Waals surface area contributed by atoms with E-state index in [1.807, 2.05) is 0 Å². The van der Waals surface area contributed by atoms with Gasteiger partial charge in [0.1, 0.15) is 0 Å². The topological polar surface area (TPSA) is 16.1 Å². The summed E-state index contributed by atoms with van der Waals surface area (Å²) in [5, 5.41) is 1.27. The van der Waals surface area contributed by atoms with Crippen LogP contribution >= 0.6 is 0 Å². The SMILES string of the molecule is C[C@@H]1CCCN(c2cc(-c3ccccc3)nc3ccccc23)C1. The largest absolute Gasteiger partial charge is 0.371 e. The molecule has 0 aliphatic carbocycles. The number of para-hydroxylation sites is 1. The minimum Gasteiger partial charge on any atom is -0.371 e. The number of nitrogens with zero attached hydrogens (tertiary/aromatic N) is 2. The van der Waals surface area contributed by atoms with Gasteiger partial charge in [0.15, 0.2) is 0 Å². The van der Waals surface area contributed by atoms with Crippen molar-refractivity contribution in [1.29, 1.82) is 0 Å². The van der Waals surface area contributed by atoms with Crippen molar-refractivity contribution in [2.45, 2.75) is 19.8 Å². The summed E-state index contributed by atoms with van der Waals surface area (Å²) in [5.74, 6) is 0.760. The van der Waals surface area contributed by atoms with Crippen LogP contribution in [0.2, 0.25) is 0 Å². The van der Waals surface area contributed by atoms with Crippen LogP contribution in [-0.2, 0) is 0 Å².